The lowest BCUT2D eigenvalue weighted by molar-refractivity contribution is 0.0713. The molecule has 3 rings (SSSR count). The van der Waals surface area contributed by atoms with Crippen LogP contribution in [-0.4, -0.2) is 35.7 Å². The third kappa shape index (κ3) is 3.10. The molecule has 0 saturated carbocycles. The monoisotopic (exact) mass is 333 g/mol. The molecule has 1 aliphatic heterocycles. The van der Waals surface area contributed by atoms with Gasteiger partial charge in [0.2, 0.25) is 0 Å². The number of aliphatic hydroxyl groups is 1. The van der Waals surface area contributed by atoms with Crippen molar-refractivity contribution >= 4 is 5.91 Å². The van der Waals surface area contributed by atoms with Gasteiger partial charge in [0, 0.05) is 17.7 Å². The summed E-state index contributed by atoms with van der Waals surface area (Å²) in [5, 5.41) is 9.94. The average molecular weight is 333 g/mol. The Hall–Kier alpha value is -2.47. The summed E-state index contributed by atoms with van der Waals surface area (Å²) in [6.45, 7) is 0.0749. The van der Waals surface area contributed by atoms with Crippen LogP contribution in [0, 0.1) is 11.6 Å². The van der Waals surface area contributed by atoms with Crippen LogP contribution in [0.25, 0.3) is 0 Å². The van der Waals surface area contributed by atoms with Crippen LogP contribution in [0.1, 0.15) is 28.4 Å². The van der Waals surface area contributed by atoms with Crippen LogP contribution in [0.3, 0.4) is 0 Å². The second-order valence-corrected chi connectivity index (χ2v) is 5.76. The van der Waals surface area contributed by atoms with Crippen molar-refractivity contribution in [2.75, 3.05) is 13.7 Å². The van der Waals surface area contributed by atoms with Crippen molar-refractivity contribution in [2.45, 2.75) is 18.6 Å². The zero-order valence-corrected chi connectivity index (χ0v) is 13.1. The normalized spacial score (nSPS) is 20.2. The fourth-order valence-electron chi connectivity index (χ4n) is 3.00. The first kappa shape index (κ1) is 16.4. The minimum absolute atomic E-state index is 0.0749. The molecule has 0 radical (unpaired) electrons. The SMILES string of the molecule is COc1ccc(C(=O)N2CC(O)CC2c2cc(F)ccc2F)cc1. The van der Waals surface area contributed by atoms with Crippen molar-refractivity contribution in [1.82, 2.24) is 4.90 Å². The van der Waals surface area contributed by atoms with Gasteiger partial charge in [-0.05, 0) is 48.9 Å². The van der Waals surface area contributed by atoms with Crippen molar-refractivity contribution in [3.8, 4) is 5.75 Å². The third-order valence-corrected chi connectivity index (χ3v) is 4.19. The molecule has 2 unspecified atom stereocenters. The topological polar surface area (TPSA) is 49.8 Å². The molecule has 24 heavy (non-hydrogen) atoms. The molecule has 1 heterocycles. The van der Waals surface area contributed by atoms with Crippen LogP contribution < -0.4 is 4.74 Å². The van der Waals surface area contributed by atoms with E-state index < -0.39 is 23.8 Å². The second kappa shape index (κ2) is 6.57. The molecule has 2 aromatic carbocycles. The minimum atomic E-state index is -0.778. The molecule has 6 heteroatoms. The molecule has 0 bridgehead atoms. The van der Waals surface area contributed by atoms with E-state index in [4.69, 9.17) is 4.74 Å². The first-order valence-electron chi connectivity index (χ1n) is 7.57. The van der Waals surface area contributed by atoms with Gasteiger partial charge >= 0.3 is 0 Å². The van der Waals surface area contributed by atoms with Gasteiger partial charge in [-0.25, -0.2) is 8.78 Å². The standard InChI is InChI=1S/C18H17F2NO3/c1-24-14-5-2-11(3-6-14)18(23)21-10-13(22)9-17(21)15-8-12(19)4-7-16(15)20/h2-8,13,17,22H,9-10H2,1H3. The van der Waals surface area contributed by atoms with E-state index in [0.717, 1.165) is 18.2 Å². The Balaban J connectivity index is 1.92. The molecular weight excluding hydrogens is 316 g/mol. The number of aliphatic hydroxyl groups excluding tert-OH is 1. The molecule has 1 fully saturated rings. The summed E-state index contributed by atoms with van der Waals surface area (Å²) in [7, 11) is 1.52. The molecular formula is C18H17F2NO3. The number of benzene rings is 2. The van der Waals surface area contributed by atoms with E-state index in [0.29, 0.717) is 11.3 Å². The van der Waals surface area contributed by atoms with Gasteiger partial charge in [0.25, 0.3) is 5.91 Å². The highest BCUT2D eigenvalue weighted by molar-refractivity contribution is 5.94. The van der Waals surface area contributed by atoms with Crippen LogP contribution in [-0.2, 0) is 0 Å². The molecule has 126 valence electrons. The number of halogens is 2. The first-order valence-corrected chi connectivity index (χ1v) is 7.57. The van der Waals surface area contributed by atoms with Crippen molar-refractivity contribution in [2.24, 2.45) is 0 Å². The zero-order chi connectivity index (χ0) is 17.3. The van der Waals surface area contributed by atoms with Gasteiger partial charge in [0.05, 0.1) is 19.3 Å². The summed E-state index contributed by atoms with van der Waals surface area (Å²) in [5.74, 6) is -0.906. The Morgan fingerprint density at radius 2 is 1.92 bits per heavy atom. The van der Waals surface area contributed by atoms with Gasteiger partial charge in [-0.3, -0.25) is 4.79 Å². The summed E-state index contributed by atoms with van der Waals surface area (Å²) in [4.78, 5) is 14.1. The molecule has 2 atom stereocenters. The first-order chi connectivity index (χ1) is 11.5. The summed E-state index contributed by atoms with van der Waals surface area (Å²) < 4.78 is 32.6. The number of β-amino-alcohol motifs (C(OH)–C–C–N with tert-alkyl or cyclic N) is 1. The highest BCUT2D eigenvalue weighted by Crippen LogP contribution is 2.35. The molecule has 0 aliphatic carbocycles. The van der Waals surface area contributed by atoms with Crippen molar-refractivity contribution in [3.05, 3.63) is 65.2 Å². The van der Waals surface area contributed by atoms with E-state index in [2.05, 4.69) is 0 Å². The predicted molar refractivity (Wildman–Crippen MR) is 83.8 cm³/mol. The Morgan fingerprint density at radius 1 is 1.21 bits per heavy atom. The number of carbonyl (C=O) groups excluding carboxylic acids is 1. The van der Waals surface area contributed by atoms with E-state index in [1.807, 2.05) is 0 Å². The summed E-state index contributed by atoms with van der Waals surface area (Å²) in [6, 6.07) is 8.94. The van der Waals surface area contributed by atoms with Crippen LogP contribution in [0.15, 0.2) is 42.5 Å². The lowest BCUT2D eigenvalue weighted by Crippen LogP contribution is -2.32. The number of nitrogens with zero attached hydrogens (tertiary/aromatic N) is 1. The Labute approximate surface area is 138 Å². The number of rotatable bonds is 3. The molecule has 1 aliphatic rings. The van der Waals surface area contributed by atoms with E-state index in [9.17, 15) is 18.7 Å². The van der Waals surface area contributed by atoms with Crippen molar-refractivity contribution < 1.29 is 23.4 Å². The molecule has 0 aromatic heterocycles. The number of hydrogen-bond donors (Lipinski definition) is 1. The Bertz CT molecular complexity index is 748. The molecule has 1 amide bonds. The van der Waals surface area contributed by atoms with E-state index in [-0.39, 0.29) is 24.4 Å². The molecule has 0 spiro atoms. The number of likely N-dealkylation sites (tertiary alicyclic amines) is 1. The highest BCUT2D eigenvalue weighted by atomic mass is 19.1. The van der Waals surface area contributed by atoms with Crippen LogP contribution in [0.5, 0.6) is 5.75 Å². The largest absolute Gasteiger partial charge is 0.497 e. The summed E-state index contributed by atoms with van der Waals surface area (Å²) in [6.07, 6.45) is -0.609. The van der Waals surface area contributed by atoms with Crippen LogP contribution in [0.2, 0.25) is 0 Å². The lowest BCUT2D eigenvalue weighted by atomic mass is 10.0. The van der Waals surface area contributed by atoms with Crippen LogP contribution in [0.4, 0.5) is 8.78 Å². The van der Waals surface area contributed by atoms with Gasteiger partial charge < -0.3 is 14.7 Å². The van der Waals surface area contributed by atoms with Gasteiger partial charge in [-0.2, -0.15) is 0 Å². The fraction of sp³-hybridized carbons (Fsp3) is 0.278. The van der Waals surface area contributed by atoms with Gasteiger partial charge in [-0.1, -0.05) is 0 Å². The van der Waals surface area contributed by atoms with Crippen LogP contribution >= 0.6 is 0 Å². The molecule has 4 nitrogen and oxygen atoms in total. The number of amides is 1. The quantitative estimate of drug-likeness (QED) is 0.940. The van der Waals surface area contributed by atoms with Crippen molar-refractivity contribution in [3.63, 3.8) is 0 Å². The molecule has 1 N–H and O–H groups in total. The molecule has 1 saturated heterocycles. The smallest absolute Gasteiger partial charge is 0.254 e. The third-order valence-electron chi connectivity index (χ3n) is 4.19. The number of methoxy groups -OCH3 is 1. The number of ether oxygens (including phenoxy) is 1. The number of hydrogen-bond acceptors (Lipinski definition) is 3. The summed E-state index contributed by atoms with van der Waals surface area (Å²) in [5.41, 5.74) is 0.472. The Kier molecular flexibility index (Phi) is 4.49. The van der Waals surface area contributed by atoms with Crippen molar-refractivity contribution in [1.29, 1.82) is 0 Å². The second-order valence-electron chi connectivity index (χ2n) is 5.76. The van der Waals surface area contributed by atoms with E-state index >= 15 is 0 Å². The Morgan fingerprint density at radius 3 is 2.58 bits per heavy atom. The van der Waals surface area contributed by atoms with E-state index in [1.165, 1.54) is 12.0 Å². The average Bonchev–Trinajstić information content (AvgIpc) is 2.98. The van der Waals surface area contributed by atoms with Gasteiger partial charge in [0.1, 0.15) is 17.4 Å². The van der Waals surface area contributed by atoms with Gasteiger partial charge in [-0.15, -0.1) is 0 Å². The molecule has 2 aromatic rings. The minimum Gasteiger partial charge on any atom is -0.497 e. The lowest BCUT2D eigenvalue weighted by Gasteiger charge is -2.25. The van der Waals surface area contributed by atoms with E-state index in [1.54, 1.807) is 24.3 Å². The predicted octanol–water partition coefficient (Wildman–Crippen LogP) is 2.92. The highest BCUT2D eigenvalue weighted by Gasteiger charge is 2.37. The maximum Gasteiger partial charge on any atom is 0.254 e. The summed E-state index contributed by atoms with van der Waals surface area (Å²) >= 11 is 0. The maximum atomic E-state index is 14.1. The number of carbonyl (C=O) groups is 1. The van der Waals surface area contributed by atoms with Gasteiger partial charge in [0.15, 0.2) is 0 Å². The fourth-order valence-corrected chi connectivity index (χ4v) is 3.00. The maximum absolute atomic E-state index is 14.1. The zero-order valence-electron chi connectivity index (χ0n) is 13.1.